The molecule has 0 radical (unpaired) electrons. The van der Waals surface area contributed by atoms with Gasteiger partial charge in [0.2, 0.25) is 5.91 Å². The second kappa shape index (κ2) is 14.9. The van der Waals surface area contributed by atoms with Gasteiger partial charge in [-0.15, -0.1) is 0 Å². The minimum absolute atomic E-state index is 0.0552. The molecule has 1 aromatic heterocycles. The summed E-state index contributed by atoms with van der Waals surface area (Å²) in [7, 11) is 0.927. The average Bonchev–Trinajstić information content (AvgIpc) is 3.30. The summed E-state index contributed by atoms with van der Waals surface area (Å²) in [4.78, 5) is 70.9. The molecule has 0 aliphatic carbocycles. The van der Waals surface area contributed by atoms with Crippen molar-refractivity contribution in [3.8, 4) is 0 Å². The van der Waals surface area contributed by atoms with E-state index >= 15 is 0 Å². The first-order valence-corrected chi connectivity index (χ1v) is 13.1. The molecule has 3 atom stereocenters. The van der Waals surface area contributed by atoms with Crippen molar-refractivity contribution >= 4 is 37.2 Å². The van der Waals surface area contributed by atoms with Crippen LogP contribution in [0, 0.1) is 5.92 Å². The molecule has 0 spiro atoms. The van der Waals surface area contributed by atoms with Gasteiger partial charge in [-0.3, -0.25) is 24.2 Å². The summed E-state index contributed by atoms with van der Waals surface area (Å²) in [5.74, 6) is -4.01. The number of aromatic nitrogens is 2. The molecule has 0 unspecified atom stereocenters. The minimum Gasteiger partial charge on any atom is -0.537 e. The van der Waals surface area contributed by atoms with Gasteiger partial charge < -0.3 is 29.5 Å². The Balaban J connectivity index is 1.69. The third kappa shape index (κ3) is 9.38. The van der Waals surface area contributed by atoms with Gasteiger partial charge in [0.25, 0.3) is 11.9 Å². The predicted octanol–water partition coefficient (Wildman–Crippen LogP) is 0.424. The van der Waals surface area contributed by atoms with Gasteiger partial charge in [0.05, 0.1) is 26.1 Å². The van der Waals surface area contributed by atoms with Gasteiger partial charge in [0.1, 0.15) is 11.7 Å². The number of esters is 2. The smallest absolute Gasteiger partial charge is 0.366 e. The Morgan fingerprint density at radius 1 is 1.07 bits per heavy atom. The maximum atomic E-state index is 13.4. The number of carbonyl (C=O) groups excluding carboxylic acids is 5. The molecule has 1 fully saturated rings. The van der Waals surface area contributed by atoms with Gasteiger partial charge in [-0.2, -0.15) is 0 Å². The lowest BCUT2D eigenvalue weighted by Crippen LogP contribution is -2.53. The van der Waals surface area contributed by atoms with E-state index in [1.165, 1.54) is 18.6 Å². The number of ether oxygens (including phenoxy) is 3. The fourth-order valence-electron chi connectivity index (χ4n) is 4.23. The van der Waals surface area contributed by atoms with Crippen LogP contribution < -0.4 is 10.6 Å². The Morgan fingerprint density at radius 3 is 2.41 bits per heavy atom. The van der Waals surface area contributed by atoms with E-state index in [1.54, 1.807) is 0 Å². The van der Waals surface area contributed by atoms with Crippen molar-refractivity contribution in [2.24, 2.45) is 5.92 Å². The van der Waals surface area contributed by atoms with Crippen LogP contribution in [-0.2, 0) is 44.5 Å². The van der Waals surface area contributed by atoms with E-state index in [9.17, 15) is 24.0 Å². The van der Waals surface area contributed by atoms with Crippen LogP contribution in [0.3, 0.4) is 0 Å². The molecule has 1 aliphatic heterocycles. The van der Waals surface area contributed by atoms with Crippen molar-refractivity contribution in [3.63, 3.8) is 0 Å². The van der Waals surface area contributed by atoms with Crippen LogP contribution in [0.4, 0.5) is 0 Å². The van der Waals surface area contributed by atoms with Crippen LogP contribution in [0.5, 0.6) is 0 Å². The van der Waals surface area contributed by atoms with Gasteiger partial charge in [-0.1, -0.05) is 44.2 Å². The van der Waals surface area contributed by atoms with E-state index in [0.717, 1.165) is 12.7 Å². The highest BCUT2D eigenvalue weighted by molar-refractivity contribution is 6.33. The molecule has 0 saturated carbocycles. The normalized spacial score (nSPS) is 17.6. The van der Waals surface area contributed by atoms with Crippen LogP contribution in [0.2, 0.25) is 0 Å². The van der Waals surface area contributed by atoms with Crippen LogP contribution in [-0.4, -0.2) is 78.7 Å². The minimum atomic E-state index is -1.84. The summed E-state index contributed by atoms with van der Waals surface area (Å²) in [6, 6.07) is 8.20. The van der Waals surface area contributed by atoms with Crippen molar-refractivity contribution in [3.05, 3.63) is 60.2 Å². The molecule has 0 bridgehead atoms. The summed E-state index contributed by atoms with van der Waals surface area (Å²) in [5, 5.41) is 5.58. The van der Waals surface area contributed by atoms with E-state index in [0.29, 0.717) is 6.42 Å². The largest absolute Gasteiger partial charge is 0.537 e. The molecule has 3 rings (SSSR count). The molecule has 1 saturated heterocycles. The first kappa shape index (κ1) is 31.2. The first-order valence-electron chi connectivity index (χ1n) is 13.1. The highest BCUT2D eigenvalue weighted by atomic mass is 16.7. The number of nitrogens with one attached hydrogen (secondary N) is 2. The van der Waals surface area contributed by atoms with Gasteiger partial charge >= 0.3 is 19.4 Å². The lowest BCUT2D eigenvalue weighted by molar-refractivity contribution is -0.158. The zero-order valence-electron chi connectivity index (χ0n) is 23.2. The van der Waals surface area contributed by atoms with Gasteiger partial charge in [-0.05, 0) is 17.9 Å². The Morgan fingerprint density at radius 2 is 1.80 bits per heavy atom. The third-order valence-electron chi connectivity index (χ3n) is 6.23. The molecule has 14 heteroatoms. The van der Waals surface area contributed by atoms with Gasteiger partial charge in [-0.25, -0.2) is 9.78 Å². The highest BCUT2D eigenvalue weighted by Crippen LogP contribution is 2.29. The number of methoxy groups -OCH3 is 1. The second-order valence-electron chi connectivity index (χ2n) is 9.94. The summed E-state index contributed by atoms with van der Waals surface area (Å²) in [6.07, 6.45) is 3.65. The standard InChI is InChI=1S/C27H33BN4O9/c1-17(2)11-21(28-41-23(34)14-27(13-22(33)38-3)26(37)39-16-40-27)32-24(35)19(12-18-7-5-4-6-8-18)31-25(36)20-15-29-9-10-30-20/h4-10,15,17,19,21,28H,11-14,16H2,1-3H3,(H,31,36)(H,32,35)/t19-,21-,27-/m0/s1. The van der Waals surface area contributed by atoms with Crippen molar-refractivity contribution in [1.82, 2.24) is 20.6 Å². The SMILES string of the molecule is COC(=O)C[C@@]1(CC(=O)OB[C@H](CC(C)C)NC(=O)[C@H](Cc2ccccc2)NC(=O)c2cnccn2)OCOC1=O. The maximum absolute atomic E-state index is 13.4. The van der Waals surface area contributed by atoms with Crippen LogP contribution >= 0.6 is 0 Å². The monoisotopic (exact) mass is 568 g/mol. The number of amides is 2. The molecule has 218 valence electrons. The summed E-state index contributed by atoms with van der Waals surface area (Å²) >= 11 is 0. The number of hydrogen-bond donors (Lipinski definition) is 2. The molecular weight excluding hydrogens is 535 g/mol. The quantitative estimate of drug-likeness (QED) is 0.184. The molecule has 2 N–H and O–H groups in total. The highest BCUT2D eigenvalue weighted by Gasteiger charge is 2.50. The fourth-order valence-corrected chi connectivity index (χ4v) is 4.23. The van der Waals surface area contributed by atoms with Crippen molar-refractivity contribution < 1.29 is 42.8 Å². The zero-order valence-corrected chi connectivity index (χ0v) is 23.2. The number of cyclic esters (lactones) is 1. The lowest BCUT2D eigenvalue weighted by Gasteiger charge is -2.25. The van der Waals surface area contributed by atoms with E-state index < -0.39 is 66.9 Å². The average molecular weight is 568 g/mol. The number of benzene rings is 1. The Bertz CT molecular complexity index is 1220. The fraction of sp³-hybridized carbons (Fsp3) is 0.444. The van der Waals surface area contributed by atoms with Gasteiger partial charge in [0.15, 0.2) is 12.4 Å². The van der Waals surface area contributed by atoms with Crippen LogP contribution in [0.15, 0.2) is 48.9 Å². The molecule has 13 nitrogen and oxygen atoms in total. The number of hydrogen-bond acceptors (Lipinski definition) is 11. The van der Waals surface area contributed by atoms with Gasteiger partial charge in [0, 0.05) is 24.8 Å². The Kier molecular flexibility index (Phi) is 11.3. The molecule has 2 heterocycles. The van der Waals surface area contributed by atoms with Crippen molar-refractivity contribution in [2.45, 2.75) is 57.1 Å². The molecule has 2 amide bonds. The summed E-state index contributed by atoms with van der Waals surface area (Å²) in [5.41, 5.74) is -0.968. The number of rotatable bonds is 14. The molecule has 2 aromatic rings. The predicted molar refractivity (Wildman–Crippen MR) is 144 cm³/mol. The van der Waals surface area contributed by atoms with E-state index in [-0.39, 0.29) is 25.5 Å². The Labute approximate surface area is 238 Å². The molecule has 1 aliphatic rings. The van der Waals surface area contributed by atoms with E-state index in [1.807, 2.05) is 44.2 Å². The molecule has 41 heavy (non-hydrogen) atoms. The van der Waals surface area contributed by atoms with E-state index in [2.05, 4.69) is 25.3 Å². The van der Waals surface area contributed by atoms with Crippen molar-refractivity contribution in [2.75, 3.05) is 13.9 Å². The third-order valence-corrected chi connectivity index (χ3v) is 6.23. The zero-order chi connectivity index (χ0) is 29.8. The number of nitrogens with zero attached hydrogens (tertiary/aromatic N) is 2. The number of carbonyl (C=O) groups is 5. The summed E-state index contributed by atoms with van der Waals surface area (Å²) < 4.78 is 20.1. The molecular formula is C27H33BN4O9. The summed E-state index contributed by atoms with van der Waals surface area (Å²) in [6.45, 7) is 3.47. The van der Waals surface area contributed by atoms with Crippen LogP contribution in [0.25, 0.3) is 0 Å². The maximum Gasteiger partial charge on any atom is 0.366 e. The van der Waals surface area contributed by atoms with Crippen LogP contribution in [0.1, 0.15) is 49.2 Å². The Hall–Kier alpha value is -4.33. The van der Waals surface area contributed by atoms with Crippen molar-refractivity contribution in [1.29, 1.82) is 0 Å². The second-order valence-corrected chi connectivity index (χ2v) is 9.94. The topological polar surface area (TPSA) is 172 Å². The molecule has 1 aromatic carbocycles. The lowest BCUT2D eigenvalue weighted by atomic mass is 9.81. The first-order chi connectivity index (χ1) is 19.6. The van der Waals surface area contributed by atoms with E-state index in [4.69, 9.17) is 14.1 Å².